The van der Waals surface area contributed by atoms with Gasteiger partial charge in [0.2, 0.25) is 5.28 Å². The topological polar surface area (TPSA) is 86.3 Å². The molecule has 0 unspecified atom stereocenters. The Labute approximate surface area is 182 Å². The number of rotatable bonds is 2. The van der Waals surface area contributed by atoms with Gasteiger partial charge in [-0.05, 0) is 48.9 Å². The molecule has 3 aromatic heterocycles. The predicted molar refractivity (Wildman–Crippen MR) is 118 cm³/mol. The van der Waals surface area contributed by atoms with Gasteiger partial charge in [0.1, 0.15) is 0 Å². The first-order valence-corrected chi connectivity index (χ1v) is 10.5. The van der Waals surface area contributed by atoms with E-state index in [-0.39, 0.29) is 39.4 Å². The highest BCUT2D eigenvalue weighted by atomic mass is 35.5. The highest BCUT2D eigenvalue weighted by Crippen LogP contribution is 2.26. The minimum Gasteiger partial charge on any atom is -0.268 e. The van der Waals surface area contributed by atoms with Crippen molar-refractivity contribution in [3.8, 4) is 0 Å². The number of para-hydroxylation sites is 1. The zero-order valence-electron chi connectivity index (χ0n) is 15.5. The van der Waals surface area contributed by atoms with Crippen LogP contribution in [0.5, 0.6) is 0 Å². The zero-order chi connectivity index (χ0) is 20.3. The van der Waals surface area contributed by atoms with Crippen LogP contribution in [-0.4, -0.2) is 26.8 Å². The van der Waals surface area contributed by atoms with Gasteiger partial charge in [-0.2, -0.15) is 4.98 Å². The number of fused-ring (bicyclic) bond motifs is 4. The van der Waals surface area contributed by atoms with Gasteiger partial charge in [-0.15, -0.1) is 12.4 Å². The summed E-state index contributed by atoms with van der Waals surface area (Å²) in [7, 11) is -3.90. The molecule has 5 aromatic rings. The molecule has 10 heteroatoms. The molecule has 0 aliphatic carbocycles. The van der Waals surface area contributed by atoms with Gasteiger partial charge in [0.25, 0.3) is 15.6 Å². The van der Waals surface area contributed by atoms with Gasteiger partial charge >= 0.3 is 0 Å². The van der Waals surface area contributed by atoms with Crippen molar-refractivity contribution in [2.45, 2.75) is 11.8 Å². The van der Waals surface area contributed by atoms with Crippen molar-refractivity contribution in [2.24, 2.45) is 0 Å². The minimum absolute atomic E-state index is 0. The first-order valence-electron chi connectivity index (χ1n) is 8.68. The maximum atomic E-state index is 13.1. The van der Waals surface area contributed by atoms with Crippen LogP contribution in [0.4, 0.5) is 0 Å². The second kappa shape index (κ2) is 7.09. The highest BCUT2D eigenvalue weighted by Gasteiger charge is 2.22. The molecule has 0 aliphatic rings. The van der Waals surface area contributed by atoms with E-state index in [9.17, 15) is 13.2 Å². The third-order valence-electron chi connectivity index (χ3n) is 4.80. The Morgan fingerprint density at radius 1 is 0.900 bits per heavy atom. The summed E-state index contributed by atoms with van der Waals surface area (Å²) in [6.45, 7) is 1.88. The van der Waals surface area contributed by atoms with Crippen LogP contribution in [0.15, 0.2) is 70.5 Å². The average Bonchev–Trinajstić information content (AvgIpc) is 3.13. The van der Waals surface area contributed by atoms with Gasteiger partial charge in [0.05, 0.1) is 21.2 Å². The van der Waals surface area contributed by atoms with Crippen LogP contribution in [0.3, 0.4) is 0 Å². The Bertz CT molecular complexity index is 1610. The van der Waals surface area contributed by atoms with Crippen LogP contribution < -0.4 is 5.56 Å². The fourth-order valence-electron chi connectivity index (χ4n) is 3.33. The summed E-state index contributed by atoms with van der Waals surface area (Å²) in [5, 5.41) is 0.655. The van der Waals surface area contributed by atoms with Crippen LogP contribution in [0.1, 0.15) is 5.56 Å². The van der Waals surface area contributed by atoms with Crippen molar-refractivity contribution < 1.29 is 8.42 Å². The fraction of sp³-hybridized carbons (Fsp3) is 0.0500. The van der Waals surface area contributed by atoms with E-state index in [1.54, 1.807) is 42.5 Å². The van der Waals surface area contributed by atoms with Crippen LogP contribution >= 0.6 is 24.0 Å². The summed E-state index contributed by atoms with van der Waals surface area (Å²) >= 11 is 6.29. The molecule has 5 rings (SSSR count). The summed E-state index contributed by atoms with van der Waals surface area (Å²) in [6.07, 6.45) is 1.39. The van der Waals surface area contributed by atoms with Crippen molar-refractivity contribution in [3.05, 3.63) is 82.0 Å². The highest BCUT2D eigenvalue weighted by molar-refractivity contribution is 7.90. The van der Waals surface area contributed by atoms with E-state index in [1.807, 2.05) is 6.92 Å². The molecule has 0 fully saturated rings. The molecule has 3 heterocycles. The SMILES string of the molecule is Cc1ccc(S(=O)(=O)n2ccc3c2nc(Cl)n2c(=O)c4ccccc4nc32)cc1.Cl. The maximum Gasteiger partial charge on any atom is 0.269 e. The van der Waals surface area contributed by atoms with E-state index in [0.29, 0.717) is 16.3 Å². The molecule has 0 amide bonds. The molecule has 152 valence electrons. The first kappa shape index (κ1) is 20.3. The molecule has 7 nitrogen and oxygen atoms in total. The summed E-state index contributed by atoms with van der Waals surface area (Å²) in [6, 6.07) is 15.0. The summed E-state index contributed by atoms with van der Waals surface area (Å²) < 4.78 is 28.5. The van der Waals surface area contributed by atoms with E-state index in [4.69, 9.17) is 11.6 Å². The van der Waals surface area contributed by atoms with Crippen molar-refractivity contribution in [2.75, 3.05) is 0 Å². The second-order valence-corrected chi connectivity index (χ2v) is 8.79. The lowest BCUT2D eigenvalue weighted by molar-refractivity contribution is 0.588. The summed E-state index contributed by atoms with van der Waals surface area (Å²) in [5.74, 6) is 0. The molecule has 0 N–H and O–H groups in total. The van der Waals surface area contributed by atoms with Gasteiger partial charge in [-0.25, -0.2) is 21.8 Å². The van der Waals surface area contributed by atoms with Gasteiger partial charge < -0.3 is 0 Å². The first-order chi connectivity index (χ1) is 13.9. The Morgan fingerprint density at radius 3 is 2.33 bits per heavy atom. The normalized spacial score (nSPS) is 11.8. The average molecular weight is 461 g/mol. The molecule has 0 radical (unpaired) electrons. The number of hydrogen-bond donors (Lipinski definition) is 0. The number of halogens is 2. The molecule has 0 bridgehead atoms. The molecule has 0 saturated carbocycles. The van der Waals surface area contributed by atoms with E-state index >= 15 is 0 Å². The smallest absolute Gasteiger partial charge is 0.268 e. The van der Waals surface area contributed by atoms with Crippen molar-refractivity contribution in [1.29, 1.82) is 0 Å². The van der Waals surface area contributed by atoms with Gasteiger partial charge in [-0.1, -0.05) is 29.8 Å². The standard InChI is InChI=1S/C20H13ClN4O3S.ClH/c1-12-6-8-13(9-7-12)29(27,28)24-11-10-15-17(24)23-20(21)25-18(15)22-16-5-3-2-4-14(16)19(25)26;/h2-11H,1H3;1H. The van der Waals surface area contributed by atoms with Crippen LogP contribution in [0, 0.1) is 6.92 Å². The zero-order valence-corrected chi connectivity index (χ0v) is 17.9. The lowest BCUT2D eigenvalue weighted by Crippen LogP contribution is -2.18. The van der Waals surface area contributed by atoms with Crippen LogP contribution in [-0.2, 0) is 10.0 Å². The molecule has 0 atom stereocenters. The van der Waals surface area contributed by atoms with E-state index in [2.05, 4.69) is 9.97 Å². The minimum atomic E-state index is -3.90. The lowest BCUT2D eigenvalue weighted by Gasteiger charge is -2.09. The summed E-state index contributed by atoms with van der Waals surface area (Å²) in [5.41, 5.74) is 1.44. The quantitative estimate of drug-likeness (QED) is 0.295. The third kappa shape index (κ3) is 2.87. The van der Waals surface area contributed by atoms with E-state index in [1.165, 1.54) is 22.7 Å². The van der Waals surface area contributed by atoms with Crippen molar-refractivity contribution in [1.82, 2.24) is 18.3 Å². The Morgan fingerprint density at radius 2 is 1.60 bits per heavy atom. The lowest BCUT2D eigenvalue weighted by atomic mass is 10.2. The third-order valence-corrected chi connectivity index (χ3v) is 6.74. The van der Waals surface area contributed by atoms with Crippen molar-refractivity contribution in [3.63, 3.8) is 0 Å². The maximum absolute atomic E-state index is 13.1. The molecular weight excluding hydrogens is 447 g/mol. The second-order valence-electron chi connectivity index (χ2n) is 6.64. The summed E-state index contributed by atoms with van der Waals surface area (Å²) in [4.78, 5) is 21.8. The fourth-order valence-corrected chi connectivity index (χ4v) is 4.86. The monoisotopic (exact) mass is 460 g/mol. The number of aryl methyl sites for hydroxylation is 1. The van der Waals surface area contributed by atoms with Crippen molar-refractivity contribution >= 4 is 61.6 Å². The van der Waals surface area contributed by atoms with Gasteiger partial charge in [0.15, 0.2) is 11.3 Å². The number of nitrogens with zero attached hydrogens (tertiary/aromatic N) is 4. The molecule has 30 heavy (non-hydrogen) atoms. The number of benzene rings is 2. The van der Waals surface area contributed by atoms with E-state index in [0.717, 1.165) is 9.54 Å². The molecule has 0 spiro atoms. The van der Waals surface area contributed by atoms with Gasteiger partial charge in [-0.3, -0.25) is 4.79 Å². The molecular formula is C20H14Cl2N4O3S. The Balaban J connectivity index is 0.00000218. The van der Waals surface area contributed by atoms with Gasteiger partial charge in [0, 0.05) is 6.20 Å². The Kier molecular flexibility index (Phi) is 4.80. The number of hydrogen-bond acceptors (Lipinski definition) is 5. The number of aromatic nitrogens is 4. The molecule has 0 saturated heterocycles. The Hall–Kier alpha value is -2.94. The van der Waals surface area contributed by atoms with Crippen LogP contribution in [0.2, 0.25) is 5.28 Å². The van der Waals surface area contributed by atoms with E-state index < -0.39 is 10.0 Å². The molecule has 2 aromatic carbocycles. The van der Waals surface area contributed by atoms with Crippen LogP contribution in [0.25, 0.3) is 27.6 Å². The predicted octanol–water partition coefficient (Wildman–Crippen LogP) is 3.82. The largest absolute Gasteiger partial charge is 0.269 e. The molecule has 0 aliphatic heterocycles.